The Kier molecular flexibility index (Phi) is 6.19. The van der Waals surface area contributed by atoms with E-state index in [4.69, 9.17) is 5.10 Å². The Morgan fingerprint density at radius 2 is 1.91 bits per heavy atom. The lowest BCUT2D eigenvalue weighted by atomic mass is 9.97. The van der Waals surface area contributed by atoms with Crippen molar-refractivity contribution in [1.82, 2.24) is 25.3 Å². The average molecular weight is 473 g/mol. The minimum Gasteiger partial charge on any atom is -0.352 e. The van der Waals surface area contributed by atoms with Gasteiger partial charge in [0, 0.05) is 19.6 Å². The second-order valence-corrected chi connectivity index (χ2v) is 9.30. The molecular weight excluding hydrogens is 443 g/mol. The number of carbonyl (C=O) groups is 1. The van der Waals surface area contributed by atoms with Crippen molar-refractivity contribution in [3.05, 3.63) is 76.9 Å². The monoisotopic (exact) mass is 472 g/mol. The zero-order valence-electron chi connectivity index (χ0n) is 20.3. The number of hydrogen-bond donors (Lipinski definition) is 1. The summed E-state index contributed by atoms with van der Waals surface area (Å²) >= 11 is 0. The second-order valence-electron chi connectivity index (χ2n) is 9.30. The Morgan fingerprint density at radius 3 is 2.69 bits per heavy atom. The third kappa shape index (κ3) is 4.60. The van der Waals surface area contributed by atoms with Crippen molar-refractivity contribution in [3.8, 4) is 5.69 Å². The molecule has 0 aliphatic carbocycles. The molecule has 1 N–H and O–H groups in total. The van der Waals surface area contributed by atoms with E-state index in [0.717, 1.165) is 52.9 Å². The molecular formula is C27H29FN6O. The molecule has 1 saturated heterocycles. The number of aromatic nitrogens is 4. The highest BCUT2D eigenvalue weighted by Crippen LogP contribution is 2.31. The van der Waals surface area contributed by atoms with E-state index in [9.17, 15) is 9.18 Å². The van der Waals surface area contributed by atoms with E-state index in [1.165, 1.54) is 17.7 Å². The van der Waals surface area contributed by atoms with Crippen molar-refractivity contribution in [2.45, 2.75) is 40.2 Å². The lowest BCUT2D eigenvalue weighted by Gasteiger charge is -2.32. The summed E-state index contributed by atoms with van der Waals surface area (Å²) in [5.41, 5.74) is 5.58. The van der Waals surface area contributed by atoms with Crippen molar-refractivity contribution < 1.29 is 9.18 Å². The first-order valence-electron chi connectivity index (χ1n) is 12.0. The number of amides is 1. The molecule has 0 saturated carbocycles. The molecule has 0 spiro atoms. The highest BCUT2D eigenvalue weighted by atomic mass is 19.1. The van der Waals surface area contributed by atoms with Gasteiger partial charge in [-0.25, -0.2) is 9.07 Å². The maximum atomic E-state index is 13.5. The van der Waals surface area contributed by atoms with Crippen LogP contribution in [0.25, 0.3) is 16.6 Å². The maximum Gasteiger partial charge on any atom is 0.225 e. The standard InChI is InChI=1S/C27H29FN6O/c1-17-9-11-23(12-10-17)34-19(3)24-18(2)30-31-26(25(24)32-34)33-13-5-7-21(16-33)27(35)29-15-20-6-4-8-22(28)14-20/h4,6,8-12,14,21H,5,7,13,15-16H2,1-3H3,(H,29,35)/t21-/m0/s1. The lowest BCUT2D eigenvalue weighted by Crippen LogP contribution is -2.43. The molecule has 35 heavy (non-hydrogen) atoms. The third-order valence-corrected chi connectivity index (χ3v) is 6.71. The topological polar surface area (TPSA) is 75.9 Å². The SMILES string of the molecule is Cc1ccc(-n2nc3c(N4CCC[C@H](C(=O)NCc5cccc(F)c5)C4)nnc(C)c3c2C)cc1. The molecule has 1 aliphatic rings. The maximum absolute atomic E-state index is 13.5. The van der Waals surface area contributed by atoms with Crippen LogP contribution in [0.1, 0.15) is 35.4 Å². The summed E-state index contributed by atoms with van der Waals surface area (Å²) in [4.78, 5) is 15.1. The minimum atomic E-state index is -0.303. The molecule has 1 fully saturated rings. The Balaban J connectivity index is 1.39. The fourth-order valence-electron chi connectivity index (χ4n) is 4.83. The number of fused-ring (bicyclic) bond motifs is 1. The van der Waals surface area contributed by atoms with E-state index in [1.54, 1.807) is 6.07 Å². The van der Waals surface area contributed by atoms with Crippen LogP contribution in [0.5, 0.6) is 0 Å². The number of carbonyl (C=O) groups excluding carboxylic acids is 1. The molecule has 7 nitrogen and oxygen atoms in total. The number of piperidine rings is 1. The van der Waals surface area contributed by atoms with Crippen molar-refractivity contribution >= 4 is 22.6 Å². The molecule has 1 atom stereocenters. The number of halogens is 1. The molecule has 180 valence electrons. The lowest BCUT2D eigenvalue weighted by molar-refractivity contribution is -0.125. The van der Waals surface area contributed by atoms with Crippen molar-refractivity contribution in [2.75, 3.05) is 18.0 Å². The molecule has 0 radical (unpaired) electrons. The van der Waals surface area contributed by atoms with Crippen LogP contribution in [0.2, 0.25) is 0 Å². The average Bonchev–Trinajstić information content (AvgIpc) is 3.21. The predicted molar refractivity (Wildman–Crippen MR) is 134 cm³/mol. The van der Waals surface area contributed by atoms with Crippen LogP contribution < -0.4 is 10.2 Å². The third-order valence-electron chi connectivity index (χ3n) is 6.71. The van der Waals surface area contributed by atoms with Gasteiger partial charge in [-0.2, -0.15) is 10.2 Å². The summed E-state index contributed by atoms with van der Waals surface area (Å²) in [5.74, 6) is 0.192. The van der Waals surface area contributed by atoms with Gasteiger partial charge in [0.15, 0.2) is 5.82 Å². The van der Waals surface area contributed by atoms with Crippen LogP contribution in [0.15, 0.2) is 48.5 Å². The molecule has 2 aromatic carbocycles. The van der Waals surface area contributed by atoms with Gasteiger partial charge >= 0.3 is 0 Å². The van der Waals surface area contributed by atoms with E-state index < -0.39 is 0 Å². The van der Waals surface area contributed by atoms with Gasteiger partial charge in [-0.05, 0) is 63.4 Å². The fraction of sp³-hybridized carbons (Fsp3) is 0.333. The fourth-order valence-corrected chi connectivity index (χ4v) is 4.83. The van der Waals surface area contributed by atoms with E-state index >= 15 is 0 Å². The van der Waals surface area contributed by atoms with Crippen molar-refractivity contribution in [2.24, 2.45) is 5.92 Å². The summed E-state index contributed by atoms with van der Waals surface area (Å²) in [6.07, 6.45) is 1.66. The number of rotatable bonds is 5. The second kappa shape index (κ2) is 9.44. The number of nitrogens with zero attached hydrogens (tertiary/aromatic N) is 5. The Morgan fingerprint density at radius 1 is 1.11 bits per heavy atom. The van der Waals surface area contributed by atoms with Crippen LogP contribution in [-0.2, 0) is 11.3 Å². The zero-order chi connectivity index (χ0) is 24.5. The van der Waals surface area contributed by atoms with Gasteiger partial charge in [-0.3, -0.25) is 4.79 Å². The van der Waals surface area contributed by atoms with Crippen LogP contribution in [-0.4, -0.2) is 39.0 Å². The molecule has 8 heteroatoms. The molecule has 5 rings (SSSR count). The normalized spacial score (nSPS) is 16.0. The molecule has 0 unspecified atom stereocenters. The smallest absolute Gasteiger partial charge is 0.225 e. The molecule has 4 aromatic rings. The number of benzene rings is 2. The van der Waals surface area contributed by atoms with Crippen LogP contribution >= 0.6 is 0 Å². The van der Waals surface area contributed by atoms with Gasteiger partial charge in [-0.15, -0.1) is 5.10 Å². The summed E-state index contributed by atoms with van der Waals surface area (Å²) in [7, 11) is 0. The predicted octanol–water partition coefficient (Wildman–Crippen LogP) is 4.41. The van der Waals surface area contributed by atoms with Crippen LogP contribution in [0, 0.1) is 32.5 Å². The van der Waals surface area contributed by atoms with E-state index in [1.807, 2.05) is 24.6 Å². The number of hydrogen-bond acceptors (Lipinski definition) is 5. The number of aryl methyl sites for hydroxylation is 3. The Hall–Kier alpha value is -3.81. The Bertz CT molecular complexity index is 1380. The molecule has 1 aliphatic heterocycles. The number of anilines is 1. The van der Waals surface area contributed by atoms with Gasteiger partial charge in [0.1, 0.15) is 11.3 Å². The summed E-state index contributed by atoms with van der Waals surface area (Å²) in [6, 6.07) is 14.6. The van der Waals surface area contributed by atoms with Gasteiger partial charge < -0.3 is 10.2 Å². The first-order chi connectivity index (χ1) is 16.9. The molecule has 1 amide bonds. The van der Waals surface area contributed by atoms with Gasteiger partial charge in [-0.1, -0.05) is 29.8 Å². The Labute approximate surface area is 204 Å². The minimum absolute atomic E-state index is 0.0309. The summed E-state index contributed by atoms with van der Waals surface area (Å²) in [6.45, 7) is 7.70. The van der Waals surface area contributed by atoms with Crippen molar-refractivity contribution in [3.63, 3.8) is 0 Å². The largest absolute Gasteiger partial charge is 0.352 e. The van der Waals surface area contributed by atoms with E-state index in [-0.39, 0.29) is 17.6 Å². The molecule has 2 aromatic heterocycles. The van der Waals surface area contributed by atoms with Gasteiger partial charge in [0.05, 0.1) is 28.4 Å². The van der Waals surface area contributed by atoms with Crippen LogP contribution in [0.3, 0.4) is 0 Å². The first kappa shape index (κ1) is 23.0. The van der Waals surface area contributed by atoms with E-state index in [0.29, 0.717) is 18.9 Å². The first-order valence-corrected chi connectivity index (χ1v) is 12.0. The highest BCUT2D eigenvalue weighted by Gasteiger charge is 2.29. The summed E-state index contributed by atoms with van der Waals surface area (Å²) in [5, 5.41) is 17.9. The van der Waals surface area contributed by atoms with Crippen molar-refractivity contribution in [1.29, 1.82) is 0 Å². The number of nitrogens with one attached hydrogen (secondary N) is 1. The highest BCUT2D eigenvalue weighted by molar-refractivity contribution is 5.92. The van der Waals surface area contributed by atoms with Gasteiger partial charge in [0.25, 0.3) is 0 Å². The molecule has 3 heterocycles. The zero-order valence-corrected chi connectivity index (χ0v) is 20.3. The summed E-state index contributed by atoms with van der Waals surface area (Å²) < 4.78 is 15.4. The van der Waals surface area contributed by atoms with Gasteiger partial charge in [0.2, 0.25) is 5.91 Å². The van der Waals surface area contributed by atoms with E-state index in [2.05, 4.69) is 51.6 Å². The molecule has 0 bridgehead atoms. The quantitative estimate of drug-likeness (QED) is 0.466. The van der Waals surface area contributed by atoms with Crippen LogP contribution in [0.4, 0.5) is 10.2 Å².